The van der Waals surface area contributed by atoms with Crippen LogP contribution in [0.4, 0.5) is 5.69 Å². The van der Waals surface area contributed by atoms with Crippen LogP contribution in [-0.2, 0) is 9.59 Å². The zero-order valence-corrected chi connectivity index (χ0v) is 13.7. The number of nitrogens with one attached hydrogen (secondary N) is 2. The van der Waals surface area contributed by atoms with Crippen LogP contribution in [0, 0.1) is 0 Å². The van der Waals surface area contributed by atoms with Gasteiger partial charge >= 0.3 is 11.8 Å². The van der Waals surface area contributed by atoms with Crippen molar-refractivity contribution in [3.05, 3.63) is 12.1 Å². The highest BCUT2D eigenvalue weighted by Crippen LogP contribution is 2.39. The second-order valence-corrected chi connectivity index (χ2v) is 5.57. The molecule has 2 N–H and O–H groups in total. The lowest BCUT2D eigenvalue weighted by Crippen LogP contribution is -2.46. The van der Waals surface area contributed by atoms with E-state index in [1.54, 1.807) is 32.9 Å². The van der Waals surface area contributed by atoms with E-state index in [1.807, 2.05) is 0 Å². The zero-order valence-electron chi connectivity index (χ0n) is 13.7. The lowest BCUT2D eigenvalue weighted by molar-refractivity contribution is -0.137. The molecule has 0 radical (unpaired) electrons. The topological polar surface area (TPSA) is 85.9 Å². The molecule has 0 saturated carbocycles. The van der Waals surface area contributed by atoms with E-state index in [9.17, 15) is 9.59 Å². The first kappa shape index (κ1) is 17.6. The summed E-state index contributed by atoms with van der Waals surface area (Å²) in [5, 5.41) is 5.08. The Labute approximate surface area is 129 Å². The number of hydrogen-bond acceptors (Lipinski definition) is 5. The summed E-state index contributed by atoms with van der Waals surface area (Å²) >= 11 is 0. The highest BCUT2D eigenvalue weighted by Gasteiger charge is 2.21. The summed E-state index contributed by atoms with van der Waals surface area (Å²) in [7, 11) is 4.42. The first-order valence-corrected chi connectivity index (χ1v) is 6.65. The Morgan fingerprint density at radius 2 is 1.41 bits per heavy atom. The minimum atomic E-state index is -0.774. The van der Waals surface area contributed by atoms with Gasteiger partial charge in [-0.25, -0.2) is 0 Å². The van der Waals surface area contributed by atoms with Crippen molar-refractivity contribution in [3.8, 4) is 17.2 Å². The molecule has 0 aliphatic heterocycles. The summed E-state index contributed by atoms with van der Waals surface area (Å²) in [6.45, 7) is 5.37. The van der Waals surface area contributed by atoms with Gasteiger partial charge < -0.3 is 24.8 Å². The predicted molar refractivity (Wildman–Crippen MR) is 82.6 cm³/mol. The first-order chi connectivity index (χ1) is 10.2. The number of amides is 2. The van der Waals surface area contributed by atoms with E-state index in [0.29, 0.717) is 22.9 Å². The second-order valence-electron chi connectivity index (χ2n) is 5.57. The summed E-state index contributed by atoms with van der Waals surface area (Å²) in [6.07, 6.45) is 0. The van der Waals surface area contributed by atoms with Crippen LogP contribution < -0.4 is 24.8 Å². The van der Waals surface area contributed by atoms with Gasteiger partial charge in [-0.2, -0.15) is 0 Å². The van der Waals surface area contributed by atoms with Gasteiger partial charge in [-0.3, -0.25) is 9.59 Å². The van der Waals surface area contributed by atoms with Crippen molar-refractivity contribution in [2.75, 3.05) is 26.6 Å². The third-order valence-electron chi connectivity index (χ3n) is 2.62. The number of carbonyl (C=O) groups excluding carboxylic acids is 2. The molecule has 1 aromatic rings. The van der Waals surface area contributed by atoms with Crippen molar-refractivity contribution in [1.29, 1.82) is 0 Å². The molecule has 7 nitrogen and oxygen atoms in total. The quantitative estimate of drug-likeness (QED) is 0.824. The standard InChI is InChI=1S/C15H22N2O5/c1-15(2,3)17-14(19)13(18)16-9-7-10(20-4)12(22-6)11(8-9)21-5/h7-8H,1-6H3,(H,16,18)(H,17,19). The van der Waals surface area contributed by atoms with Crippen LogP contribution in [-0.4, -0.2) is 38.7 Å². The largest absolute Gasteiger partial charge is 0.493 e. The molecule has 1 rings (SSSR count). The van der Waals surface area contributed by atoms with Gasteiger partial charge in [0.25, 0.3) is 0 Å². The zero-order chi connectivity index (χ0) is 16.9. The highest BCUT2D eigenvalue weighted by molar-refractivity contribution is 6.39. The Morgan fingerprint density at radius 1 is 0.909 bits per heavy atom. The minimum Gasteiger partial charge on any atom is -0.493 e. The molecular weight excluding hydrogens is 288 g/mol. The van der Waals surface area contributed by atoms with Gasteiger partial charge in [0.1, 0.15) is 0 Å². The average molecular weight is 310 g/mol. The van der Waals surface area contributed by atoms with Crippen molar-refractivity contribution in [3.63, 3.8) is 0 Å². The molecule has 0 heterocycles. The van der Waals surface area contributed by atoms with Crippen LogP contribution >= 0.6 is 0 Å². The van der Waals surface area contributed by atoms with Gasteiger partial charge in [0.2, 0.25) is 5.75 Å². The van der Waals surface area contributed by atoms with E-state index >= 15 is 0 Å². The van der Waals surface area contributed by atoms with Gasteiger partial charge in [-0.1, -0.05) is 0 Å². The Balaban J connectivity index is 2.98. The van der Waals surface area contributed by atoms with Crippen LogP contribution in [0.1, 0.15) is 20.8 Å². The molecule has 2 amide bonds. The Morgan fingerprint density at radius 3 is 1.77 bits per heavy atom. The van der Waals surface area contributed by atoms with Gasteiger partial charge in [0.15, 0.2) is 11.5 Å². The van der Waals surface area contributed by atoms with Crippen molar-refractivity contribution >= 4 is 17.5 Å². The summed E-state index contributed by atoms with van der Waals surface area (Å²) in [6, 6.07) is 3.09. The van der Waals surface area contributed by atoms with E-state index in [0.717, 1.165) is 0 Å². The number of rotatable bonds is 4. The molecular formula is C15H22N2O5. The van der Waals surface area contributed by atoms with Crippen LogP contribution in [0.5, 0.6) is 17.2 Å². The van der Waals surface area contributed by atoms with Gasteiger partial charge in [0, 0.05) is 23.4 Å². The van der Waals surface area contributed by atoms with Crippen LogP contribution in [0.25, 0.3) is 0 Å². The maximum absolute atomic E-state index is 11.9. The van der Waals surface area contributed by atoms with E-state index in [4.69, 9.17) is 14.2 Å². The van der Waals surface area contributed by atoms with E-state index in [1.165, 1.54) is 21.3 Å². The van der Waals surface area contributed by atoms with E-state index in [-0.39, 0.29) is 0 Å². The molecule has 0 aliphatic carbocycles. The fourth-order valence-electron chi connectivity index (χ4n) is 1.74. The molecule has 0 atom stereocenters. The molecule has 0 unspecified atom stereocenters. The molecule has 0 fully saturated rings. The lowest BCUT2D eigenvalue weighted by atomic mass is 10.1. The van der Waals surface area contributed by atoms with Crippen molar-refractivity contribution < 1.29 is 23.8 Å². The summed E-state index contributed by atoms with van der Waals surface area (Å²) < 4.78 is 15.6. The number of carbonyl (C=O) groups is 2. The molecule has 7 heteroatoms. The highest BCUT2D eigenvalue weighted by atomic mass is 16.5. The fraction of sp³-hybridized carbons (Fsp3) is 0.467. The monoisotopic (exact) mass is 310 g/mol. The summed E-state index contributed by atoms with van der Waals surface area (Å²) in [5.74, 6) is -0.325. The number of hydrogen-bond donors (Lipinski definition) is 2. The van der Waals surface area contributed by atoms with E-state index < -0.39 is 17.4 Å². The summed E-state index contributed by atoms with van der Waals surface area (Å²) in [4.78, 5) is 23.7. The van der Waals surface area contributed by atoms with Crippen LogP contribution in [0.3, 0.4) is 0 Å². The Kier molecular flexibility index (Phi) is 5.62. The Bertz CT molecular complexity index is 539. The molecule has 0 aromatic heterocycles. The molecule has 0 bridgehead atoms. The molecule has 1 aromatic carbocycles. The molecule has 0 aliphatic rings. The third-order valence-corrected chi connectivity index (χ3v) is 2.62. The maximum atomic E-state index is 11.9. The number of ether oxygens (including phenoxy) is 3. The van der Waals surface area contributed by atoms with Gasteiger partial charge in [-0.15, -0.1) is 0 Å². The van der Waals surface area contributed by atoms with Crippen molar-refractivity contribution in [2.45, 2.75) is 26.3 Å². The van der Waals surface area contributed by atoms with Crippen LogP contribution in [0.2, 0.25) is 0 Å². The summed E-state index contributed by atoms with van der Waals surface area (Å²) in [5.41, 5.74) is -0.132. The molecule has 122 valence electrons. The smallest absolute Gasteiger partial charge is 0.313 e. The van der Waals surface area contributed by atoms with Gasteiger partial charge in [0.05, 0.1) is 21.3 Å². The van der Waals surface area contributed by atoms with Crippen LogP contribution in [0.15, 0.2) is 12.1 Å². The lowest BCUT2D eigenvalue weighted by Gasteiger charge is -2.20. The fourth-order valence-corrected chi connectivity index (χ4v) is 1.74. The molecule has 22 heavy (non-hydrogen) atoms. The SMILES string of the molecule is COc1cc(NC(=O)C(=O)NC(C)(C)C)cc(OC)c1OC. The average Bonchev–Trinajstić information content (AvgIpc) is 2.44. The maximum Gasteiger partial charge on any atom is 0.313 e. The predicted octanol–water partition coefficient (Wildman–Crippen LogP) is 1.57. The van der Waals surface area contributed by atoms with Crippen molar-refractivity contribution in [1.82, 2.24) is 5.32 Å². The number of methoxy groups -OCH3 is 3. The Hall–Kier alpha value is -2.44. The van der Waals surface area contributed by atoms with Crippen molar-refractivity contribution in [2.24, 2.45) is 0 Å². The normalized spacial score (nSPS) is 10.6. The number of anilines is 1. The van der Waals surface area contributed by atoms with E-state index in [2.05, 4.69) is 10.6 Å². The van der Waals surface area contributed by atoms with Gasteiger partial charge in [-0.05, 0) is 20.8 Å². The molecule has 0 saturated heterocycles. The first-order valence-electron chi connectivity index (χ1n) is 6.65. The molecule has 0 spiro atoms. The third kappa shape index (κ3) is 4.54. The second kappa shape index (κ2) is 7.02. The number of benzene rings is 1. The minimum absolute atomic E-state index is 0.364.